The van der Waals surface area contributed by atoms with E-state index in [2.05, 4.69) is 15.9 Å². The minimum absolute atomic E-state index is 0.183. The first-order valence-corrected chi connectivity index (χ1v) is 10.0. The van der Waals surface area contributed by atoms with E-state index in [1.54, 1.807) is 38.3 Å². The van der Waals surface area contributed by atoms with Crippen molar-refractivity contribution in [3.63, 3.8) is 0 Å². The summed E-state index contributed by atoms with van der Waals surface area (Å²) in [5.41, 5.74) is 1.84. The zero-order valence-corrected chi connectivity index (χ0v) is 17.6. The molecule has 0 aromatic heterocycles. The number of benzene rings is 2. The van der Waals surface area contributed by atoms with Crippen molar-refractivity contribution >= 4 is 33.8 Å². The second-order valence-corrected chi connectivity index (χ2v) is 7.78. The second kappa shape index (κ2) is 8.00. The largest absolute Gasteiger partial charge is 0.496 e. The van der Waals surface area contributed by atoms with Crippen LogP contribution in [0.2, 0.25) is 0 Å². The summed E-state index contributed by atoms with van der Waals surface area (Å²) in [7, 11) is 1.57. The topological polar surface area (TPSA) is 71.1 Å². The minimum Gasteiger partial charge on any atom is -0.496 e. The molecule has 0 bridgehead atoms. The van der Waals surface area contributed by atoms with Crippen LogP contribution in [-0.2, 0) is 9.53 Å². The number of esters is 1. The number of Topliss-reactive ketones (excluding diaryl/α,β-unsaturated/α-hetero) is 1. The highest BCUT2D eigenvalue weighted by molar-refractivity contribution is 9.10. The normalized spacial score (nSPS) is 19.2. The molecule has 2 heterocycles. The minimum atomic E-state index is -0.537. The van der Waals surface area contributed by atoms with Gasteiger partial charge < -0.3 is 18.9 Å². The first-order chi connectivity index (χ1) is 14.0. The van der Waals surface area contributed by atoms with Crippen LogP contribution in [0.5, 0.6) is 17.2 Å². The lowest BCUT2D eigenvalue weighted by Crippen LogP contribution is -2.24. The highest BCUT2D eigenvalue weighted by Crippen LogP contribution is 2.38. The van der Waals surface area contributed by atoms with Crippen LogP contribution < -0.4 is 14.2 Å². The summed E-state index contributed by atoms with van der Waals surface area (Å²) in [6, 6.07) is 8.72. The van der Waals surface area contributed by atoms with E-state index in [-0.39, 0.29) is 11.5 Å². The summed E-state index contributed by atoms with van der Waals surface area (Å²) in [6.45, 7) is 2.35. The Hall–Kier alpha value is -2.64. The summed E-state index contributed by atoms with van der Waals surface area (Å²) in [5, 5.41) is 0. The van der Waals surface area contributed by atoms with Gasteiger partial charge in [-0.3, -0.25) is 4.79 Å². The van der Waals surface area contributed by atoms with E-state index in [9.17, 15) is 9.59 Å². The quantitative estimate of drug-likeness (QED) is 0.382. The van der Waals surface area contributed by atoms with E-state index in [1.807, 2.05) is 12.1 Å². The van der Waals surface area contributed by atoms with E-state index in [4.69, 9.17) is 18.9 Å². The molecule has 0 amide bonds. The van der Waals surface area contributed by atoms with Crippen LogP contribution >= 0.6 is 15.9 Å². The van der Waals surface area contributed by atoms with Gasteiger partial charge in [0.25, 0.3) is 0 Å². The predicted molar refractivity (Wildman–Crippen MR) is 109 cm³/mol. The molecule has 150 valence electrons. The molecule has 4 rings (SSSR count). The Morgan fingerprint density at radius 3 is 2.83 bits per heavy atom. The van der Waals surface area contributed by atoms with Crippen LogP contribution in [0.4, 0.5) is 0 Å². The molecule has 2 aromatic rings. The van der Waals surface area contributed by atoms with Crippen LogP contribution in [0, 0.1) is 6.92 Å². The fraction of sp³-hybridized carbons (Fsp3) is 0.273. The molecule has 1 fully saturated rings. The van der Waals surface area contributed by atoms with Crippen molar-refractivity contribution in [1.29, 1.82) is 0 Å². The number of hydrogen-bond acceptors (Lipinski definition) is 6. The number of methoxy groups -OCH3 is 1. The lowest BCUT2D eigenvalue weighted by Gasteiger charge is -2.11. The molecule has 1 unspecified atom stereocenters. The SMILES string of the molecule is COc1ccc(Br)cc1/C=C1\Oc2cc(OC(=O)C3CCCO3)cc(C)c2C1=O. The Morgan fingerprint density at radius 1 is 1.28 bits per heavy atom. The van der Waals surface area contributed by atoms with E-state index in [1.165, 1.54) is 0 Å². The molecule has 29 heavy (non-hydrogen) atoms. The molecule has 0 radical (unpaired) electrons. The van der Waals surface area contributed by atoms with Crippen molar-refractivity contribution in [2.45, 2.75) is 25.9 Å². The summed E-state index contributed by atoms with van der Waals surface area (Å²) in [5.74, 6) is 0.844. The maximum atomic E-state index is 12.9. The summed E-state index contributed by atoms with van der Waals surface area (Å²) < 4.78 is 22.8. The monoisotopic (exact) mass is 458 g/mol. The first-order valence-electron chi connectivity index (χ1n) is 9.22. The van der Waals surface area contributed by atoms with Crippen LogP contribution in [-0.4, -0.2) is 31.6 Å². The maximum absolute atomic E-state index is 12.9. The molecule has 6 nitrogen and oxygen atoms in total. The van der Waals surface area contributed by atoms with Crippen molar-refractivity contribution in [3.8, 4) is 17.2 Å². The van der Waals surface area contributed by atoms with Gasteiger partial charge in [0.05, 0.1) is 12.7 Å². The molecule has 2 aliphatic rings. The molecule has 7 heteroatoms. The molecule has 0 saturated carbocycles. The Kier molecular flexibility index (Phi) is 5.43. The van der Waals surface area contributed by atoms with E-state index in [0.717, 1.165) is 10.9 Å². The molecule has 0 N–H and O–H groups in total. The molecular weight excluding hydrogens is 440 g/mol. The van der Waals surface area contributed by atoms with Crippen molar-refractivity contribution in [1.82, 2.24) is 0 Å². The van der Waals surface area contributed by atoms with Crippen LogP contribution in [0.15, 0.2) is 40.6 Å². The van der Waals surface area contributed by atoms with Gasteiger partial charge in [0, 0.05) is 22.7 Å². The average molecular weight is 459 g/mol. The summed E-state index contributed by atoms with van der Waals surface area (Å²) >= 11 is 3.42. The fourth-order valence-electron chi connectivity index (χ4n) is 3.44. The third-order valence-corrected chi connectivity index (χ3v) is 5.33. The lowest BCUT2D eigenvalue weighted by atomic mass is 10.0. The second-order valence-electron chi connectivity index (χ2n) is 6.86. The van der Waals surface area contributed by atoms with E-state index < -0.39 is 12.1 Å². The van der Waals surface area contributed by atoms with Gasteiger partial charge in [-0.05, 0) is 55.7 Å². The number of ether oxygens (including phenoxy) is 4. The number of hydrogen-bond donors (Lipinski definition) is 0. The summed E-state index contributed by atoms with van der Waals surface area (Å²) in [4.78, 5) is 25.1. The van der Waals surface area contributed by atoms with Gasteiger partial charge in [0.2, 0.25) is 5.78 Å². The molecular formula is C22H19BrO6. The number of aryl methyl sites for hydroxylation is 1. The first kappa shape index (κ1) is 19.7. The number of halogens is 1. The van der Waals surface area contributed by atoms with E-state index in [0.29, 0.717) is 47.0 Å². The van der Waals surface area contributed by atoms with Crippen molar-refractivity contribution in [3.05, 3.63) is 57.3 Å². The molecule has 2 aromatic carbocycles. The number of rotatable bonds is 4. The standard InChI is InChI=1S/C22H19BrO6/c1-12-8-15(28-22(25)17-4-3-7-27-17)11-18-20(12)21(24)19(29-18)10-13-9-14(23)5-6-16(13)26-2/h5-6,8-11,17H,3-4,7H2,1-2H3/b19-10-. The Morgan fingerprint density at radius 2 is 2.10 bits per heavy atom. The van der Waals surface area contributed by atoms with Crippen molar-refractivity contribution < 1.29 is 28.5 Å². The number of allylic oxidation sites excluding steroid dienone is 1. The number of carbonyl (C=O) groups is 2. The Labute approximate surface area is 176 Å². The van der Waals surface area contributed by atoms with Gasteiger partial charge >= 0.3 is 5.97 Å². The third kappa shape index (κ3) is 3.93. The van der Waals surface area contributed by atoms with Gasteiger partial charge in [-0.15, -0.1) is 0 Å². The van der Waals surface area contributed by atoms with Crippen LogP contribution in [0.3, 0.4) is 0 Å². The lowest BCUT2D eigenvalue weighted by molar-refractivity contribution is -0.144. The van der Waals surface area contributed by atoms with Gasteiger partial charge in [0.15, 0.2) is 11.9 Å². The van der Waals surface area contributed by atoms with Crippen LogP contribution in [0.1, 0.15) is 34.3 Å². The van der Waals surface area contributed by atoms with Crippen molar-refractivity contribution in [2.24, 2.45) is 0 Å². The maximum Gasteiger partial charge on any atom is 0.340 e. The van der Waals surface area contributed by atoms with Crippen LogP contribution in [0.25, 0.3) is 6.08 Å². The predicted octanol–water partition coefficient (Wildman–Crippen LogP) is 4.47. The van der Waals surface area contributed by atoms with Crippen molar-refractivity contribution in [2.75, 3.05) is 13.7 Å². The Balaban J connectivity index is 1.62. The average Bonchev–Trinajstić information content (AvgIpc) is 3.31. The number of fused-ring (bicyclic) bond motifs is 1. The van der Waals surface area contributed by atoms with Gasteiger partial charge in [-0.25, -0.2) is 4.79 Å². The third-order valence-electron chi connectivity index (χ3n) is 4.83. The van der Waals surface area contributed by atoms with E-state index >= 15 is 0 Å². The highest BCUT2D eigenvalue weighted by atomic mass is 79.9. The molecule has 1 saturated heterocycles. The Bertz CT molecular complexity index is 1020. The van der Waals surface area contributed by atoms with Gasteiger partial charge in [0.1, 0.15) is 17.2 Å². The van der Waals surface area contributed by atoms with Gasteiger partial charge in [-0.1, -0.05) is 15.9 Å². The highest BCUT2D eigenvalue weighted by Gasteiger charge is 2.31. The zero-order valence-electron chi connectivity index (χ0n) is 16.0. The fourth-order valence-corrected chi connectivity index (χ4v) is 3.82. The number of ketones is 1. The molecule has 0 spiro atoms. The molecule has 0 aliphatic carbocycles. The smallest absolute Gasteiger partial charge is 0.340 e. The number of carbonyl (C=O) groups excluding carboxylic acids is 2. The summed E-state index contributed by atoms with van der Waals surface area (Å²) in [6.07, 6.45) is 2.60. The zero-order chi connectivity index (χ0) is 20.5. The molecule has 1 atom stereocenters. The molecule has 2 aliphatic heterocycles. The van der Waals surface area contributed by atoms with Gasteiger partial charge in [-0.2, -0.15) is 0 Å².